The van der Waals surface area contributed by atoms with Crippen molar-refractivity contribution in [3.05, 3.63) is 25.6 Å². The van der Waals surface area contributed by atoms with Gasteiger partial charge in [-0.3, -0.25) is 9.05 Å². The maximum Gasteiger partial charge on any atom is 0.530 e. The molecule has 0 saturated carbocycles. The molecular weight excluding hydrogens is 798 g/mol. The van der Waals surface area contributed by atoms with Crippen LogP contribution in [0, 0.1) is 0 Å². The van der Waals surface area contributed by atoms with Crippen LogP contribution in [0.2, 0.25) is 0 Å². The van der Waals surface area contributed by atoms with E-state index in [1.54, 1.807) is 12.1 Å². The van der Waals surface area contributed by atoms with Crippen molar-refractivity contribution in [1.82, 2.24) is 0 Å². The first-order valence-electron chi connectivity index (χ1n) is 6.34. The molecule has 0 amide bonds. The van der Waals surface area contributed by atoms with Gasteiger partial charge in [-0.1, -0.05) is 63.7 Å². The molecule has 2 atom stereocenters. The Morgan fingerprint density at radius 3 is 1.88 bits per heavy atom. The van der Waals surface area contributed by atoms with Crippen LogP contribution in [0.15, 0.2) is 25.6 Å². The highest BCUT2D eigenvalue weighted by atomic mass is 79.9. The monoisotopic (exact) mass is 803 g/mol. The fourth-order valence-corrected chi connectivity index (χ4v) is 5.04. The van der Waals surface area contributed by atoms with E-state index in [1.165, 1.54) is 0 Å². The van der Waals surface area contributed by atoms with E-state index in [-0.39, 0.29) is 22.9 Å². The van der Waals surface area contributed by atoms with Crippen molar-refractivity contribution in [2.45, 2.75) is 9.65 Å². The second-order valence-corrected chi connectivity index (χ2v) is 12.2. The minimum Gasteiger partial charge on any atom is -0.403 e. The summed E-state index contributed by atoms with van der Waals surface area (Å²) >= 11 is 23.6. The van der Waals surface area contributed by atoms with E-state index >= 15 is 0 Å². The van der Waals surface area contributed by atoms with Crippen LogP contribution >= 0.6 is 119 Å². The van der Waals surface area contributed by atoms with Gasteiger partial charge in [-0.15, -0.1) is 0 Å². The number of alkyl halides is 4. The third-order valence-corrected chi connectivity index (χ3v) is 11.5. The molecule has 1 rings (SSSR count). The average molecular weight is 811 g/mol. The number of phosphoric acid groups is 1. The Morgan fingerprint density at radius 1 is 0.917 bits per heavy atom. The lowest BCUT2D eigenvalue weighted by atomic mass is 10.3. The van der Waals surface area contributed by atoms with Gasteiger partial charge >= 0.3 is 7.82 Å². The van der Waals surface area contributed by atoms with E-state index in [9.17, 15) is 4.57 Å². The van der Waals surface area contributed by atoms with Crippen LogP contribution < -0.4 is 4.52 Å². The number of rotatable bonds is 10. The Balaban J connectivity index is 2.95. The van der Waals surface area contributed by atoms with Crippen LogP contribution in [0.5, 0.6) is 5.75 Å². The highest BCUT2D eigenvalue weighted by molar-refractivity contribution is 9.14. The summed E-state index contributed by atoms with van der Waals surface area (Å²) in [4.78, 5) is -0.0388. The van der Waals surface area contributed by atoms with Crippen LogP contribution in [-0.2, 0) is 13.6 Å². The minimum atomic E-state index is -3.81. The molecule has 0 aromatic heterocycles. The van der Waals surface area contributed by atoms with E-state index in [2.05, 4.69) is 112 Å². The van der Waals surface area contributed by atoms with Gasteiger partial charge in [-0.25, -0.2) is 4.57 Å². The van der Waals surface area contributed by atoms with Crippen LogP contribution in [0.4, 0.5) is 0 Å². The van der Waals surface area contributed by atoms with E-state index in [4.69, 9.17) is 13.6 Å². The molecule has 2 unspecified atom stereocenters. The van der Waals surface area contributed by atoms with Gasteiger partial charge in [0.2, 0.25) is 0 Å². The van der Waals surface area contributed by atoms with Crippen molar-refractivity contribution < 1.29 is 18.1 Å². The van der Waals surface area contributed by atoms with Gasteiger partial charge in [0.1, 0.15) is 5.75 Å². The van der Waals surface area contributed by atoms with Crippen molar-refractivity contribution in [2.24, 2.45) is 0 Å². The quantitative estimate of drug-likeness (QED) is 0.138. The number of halogens is 7. The van der Waals surface area contributed by atoms with Gasteiger partial charge in [0, 0.05) is 29.3 Å². The summed E-state index contributed by atoms with van der Waals surface area (Å²) in [5, 5.41) is 1.28. The second kappa shape index (κ2) is 12.2. The minimum absolute atomic E-state index is 0.0194. The Hall–Kier alpha value is 2.53. The first kappa shape index (κ1) is 24.6. The summed E-state index contributed by atoms with van der Waals surface area (Å²) in [5.41, 5.74) is 0. The third-order valence-electron chi connectivity index (χ3n) is 2.37. The summed E-state index contributed by atoms with van der Waals surface area (Å²) in [7, 11) is -3.81. The van der Waals surface area contributed by atoms with Gasteiger partial charge in [-0.05, 0) is 59.9 Å². The number of hydrogen-bond acceptors (Lipinski definition) is 4. The molecule has 24 heavy (non-hydrogen) atoms. The summed E-state index contributed by atoms with van der Waals surface area (Å²) < 4.78 is 31.7. The lowest BCUT2D eigenvalue weighted by molar-refractivity contribution is 0.159. The van der Waals surface area contributed by atoms with E-state index in [0.29, 0.717) is 20.9 Å². The Kier molecular flexibility index (Phi) is 12.5. The molecule has 0 N–H and O–H groups in total. The van der Waals surface area contributed by atoms with Gasteiger partial charge in [0.15, 0.2) is 0 Å². The molecular formula is C12H12Br7O4P. The molecule has 0 radical (unpaired) electrons. The Labute approximate surface area is 200 Å². The molecule has 0 spiro atoms. The third kappa shape index (κ3) is 8.27. The van der Waals surface area contributed by atoms with Gasteiger partial charge in [-0.2, -0.15) is 0 Å². The molecule has 1 aromatic carbocycles. The highest BCUT2D eigenvalue weighted by Crippen LogP contribution is 2.53. The number of benzene rings is 1. The van der Waals surface area contributed by atoms with Crippen LogP contribution in [0.1, 0.15) is 0 Å². The van der Waals surface area contributed by atoms with Crippen LogP contribution in [-0.4, -0.2) is 33.5 Å². The molecule has 0 aliphatic rings. The zero-order valence-corrected chi connectivity index (χ0v) is 23.9. The largest absolute Gasteiger partial charge is 0.530 e. The molecule has 0 aliphatic heterocycles. The van der Waals surface area contributed by atoms with Crippen molar-refractivity contribution in [3.63, 3.8) is 0 Å². The SMILES string of the molecule is O=P(OCC(Br)CBr)(OCC(Br)CBr)Oc1ccc(Br)c(Br)c1Br. The summed E-state index contributed by atoms with van der Waals surface area (Å²) in [6, 6.07) is 3.44. The normalized spacial score (nSPS) is 16.5. The van der Waals surface area contributed by atoms with E-state index < -0.39 is 7.82 Å². The Morgan fingerprint density at radius 2 is 1.42 bits per heavy atom. The van der Waals surface area contributed by atoms with Crippen molar-refractivity contribution in [2.75, 3.05) is 23.9 Å². The molecule has 12 heteroatoms. The maximum absolute atomic E-state index is 13.0. The second-order valence-electron chi connectivity index (χ2n) is 4.31. The number of phosphoric ester groups is 1. The van der Waals surface area contributed by atoms with E-state index in [1.807, 2.05) is 0 Å². The highest BCUT2D eigenvalue weighted by Gasteiger charge is 2.32. The molecule has 4 nitrogen and oxygen atoms in total. The molecule has 0 aliphatic carbocycles. The molecule has 0 bridgehead atoms. The molecule has 1 aromatic rings. The zero-order valence-electron chi connectivity index (χ0n) is 11.9. The van der Waals surface area contributed by atoms with Crippen LogP contribution in [0.25, 0.3) is 0 Å². The van der Waals surface area contributed by atoms with Crippen molar-refractivity contribution >= 4 is 119 Å². The molecule has 0 fully saturated rings. The van der Waals surface area contributed by atoms with Crippen molar-refractivity contribution in [1.29, 1.82) is 0 Å². The van der Waals surface area contributed by atoms with Gasteiger partial charge < -0.3 is 4.52 Å². The fraction of sp³-hybridized carbons (Fsp3) is 0.500. The Bertz CT molecular complexity index is 571. The fourth-order valence-electron chi connectivity index (χ4n) is 1.22. The molecule has 0 saturated heterocycles. The lowest BCUT2D eigenvalue weighted by Crippen LogP contribution is -2.15. The summed E-state index contributed by atoms with van der Waals surface area (Å²) in [6.45, 7) is 0.332. The number of hydrogen-bond donors (Lipinski definition) is 0. The maximum atomic E-state index is 13.0. The molecule has 138 valence electrons. The van der Waals surface area contributed by atoms with Gasteiger partial charge in [0.05, 0.1) is 17.7 Å². The smallest absolute Gasteiger partial charge is 0.403 e. The predicted molar refractivity (Wildman–Crippen MR) is 123 cm³/mol. The first-order chi connectivity index (χ1) is 11.2. The average Bonchev–Trinajstić information content (AvgIpc) is 2.58. The van der Waals surface area contributed by atoms with Gasteiger partial charge in [0.25, 0.3) is 0 Å². The first-order valence-corrected chi connectivity index (χ1v) is 14.3. The summed E-state index contributed by atoms with van der Waals surface area (Å²) in [6.07, 6.45) is 0. The summed E-state index contributed by atoms with van der Waals surface area (Å²) in [5.74, 6) is 0.350. The lowest BCUT2D eigenvalue weighted by Gasteiger charge is -2.21. The zero-order chi connectivity index (χ0) is 18.3. The predicted octanol–water partition coefficient (Wildman–Crippen LogP) is 7.81. The van der Waals surface area contributed by atoms with Crippen molar-refractivity contribution in [3.8, 4) is 5.75 Å². The topological polar surface area (TPSA) is 44.8 Å². The standard InChI is InChI=1S/C12H12Br7O4P/c13-3-7(15)5-21-24(20,22-6-8(16)4-14)23-10-2-1-9(17)11(18)12(10)19/h1-2,7-8H,3-6H2. The van der Waals surface area contributed by atoms with Crippen LogP contribution in [0.3, 0.4) is 0 Å². The molecule has 0 heterocycles. The van der Waals surface area contributed by atoms with E-state index in [0.717, 1.165) is 8.95 Å².